The predicted octanol–water partition coefficient (Wildman–Crippen LogP) is 1.59. The van der Waals surface area contributed by atoms with Crippen molar-refractivity contribution in [1.29, 1.82) is 0 Å². The number of carbonyl (C=O) groups excluding carboxylic acids is 1. The molecule has 2 rings (SSSR count). The Labute approximate surface area is 144 Å². The molecule has 1 aromatic rings. The summed E-state index contributed by atoms with van der Waals surface area (Å²) >= 11 is 0. The molecule has 1 amide bonds. The van der Waals surface area contributed by atoms with Crippen molar-refractivity contribution in [2.75, 3.05) is 19.6 Å². The number of nitrogens with zero attached hydrogens (tertiary/aromatic N) is 1. The van der Waals surface area contributed by atoms with E-state index in [4.69, 9.17) is 0 Å². The van der Waals surface area contributed by atoms with Gasteiger partial charge in [0.25, 0.3) is 5.91 Å². The number of nitrogens with one attached hydrogen (secondary N) is 2. The Bertz CT molecular complexity index is 667. The van der Waals surface area contributed by atoms with Crippen molar-refractivity contribution in [3.05, 3.63) is 29.8 Å². The lowest BCUT2D eigenvalue weighted by Gasteiger charge is -2.26. The second-order valence-corrected chi connectivity index (χ2v) is 7.92. The van der Waals surface area contributed by atoms with Crippen LogP contribution in [0, 0.1) is 0 Å². The van der Waals surface area contributed by atoms with Crippen LogP contribution in [-0.4, -0.2) is 50.9 Å². The lowest BCUT2D eigenvalue weighted by atomic mass is 10.2. The van der Waals surface area contributed by atoms with Crippen molar-refractivity contribution in [1.82, 2.24) is 14.9 Å². The summed E-state index contributed by atoms with van der Waals surface area (Å²) in [7, 11) is -3.54. The maximum absolute atomic E-state index is 12.3. The molecule has 1 aliphatic carbocycles. The van der Waals surface area contributed by atoms with E-state index in [1.165, 1.54) is 12.1 Å². The number of sulfonamides is 1. The second-order valence-electron chi connectivity index (χ2n) is 6.20. The molecule has 0 saturated heterocycles. The Kier molecular flexibility index (Phi) is 6.37. The van der Waals surface area contributed by atoms with Crippen LogP contribution in [0.15, 0.2) is 29.2 Å². The average Bonchev–Trinajstić information content (AvgIpc) is 3.37. The Morgan fingerprint density at radius 1 is 1.29 bits per heavy atom. The highest BCUT2D eigenvalue weighted by molar-refractivity contribution is 7.89. The number of hydrogen-bond acceptors (Lipinski definition) is 4. The molecule has 24 heavy (non-hydrogen) atoms. The van der Waals surface area contributed by atoms with Crippen LogP contribution in [0.2, 0.25) is 0 Å². The summed E-state index contributed by atoms with van der Waals surface area (Å²) < 4.78 is 27.1. The van der Waals surface area contributed by atoms with E-state index in [1.807, 2.05) is 0 Å². The van der Waals surface area contributed by atoms with Crippen LogP contribution in [0.25, 0.3) is 0 Å². The maximum Gasteiger partial charge on any atom is 0.251 e. The average molecular weight is 353 g/mol. The molecule has 1 aromatic carbocycles. The highest BCUT2D eigenvalue weighted by atomic mass is 32.2. The van der Waals surface area contributed by atoms with E-state index in [9.17, 15) is 13.2 Å². The molecular formula is C17H27N3O3S. The molecule has 134 valence electrons. The van der Waals surface area contributed by atoms with Gasteiger partial charge in [-0.15, -0.1) is 0 Å². The van der Waals surface area contributed by atoms with Gasteiger partial charge in [-0.25, -0.2) is 13.1 Å². The zero-order valence-electron chi connectivity index (χ0n) is 14.6. The van der Waals surface area contributed by atoms with Crippen LogP contribution < -0.4 is 10.0 Å². The summed E-state index contributed by atoms with van der Waals surface area (Å²) in [6.07, 6.45) is 1.76. The molecule has 6 nitrogen and oxygen atoms in total. The molecule has 1 aliphatic rings. The van der Waals surface area contributed by atoms with E-state index in [0.29, 0.717) is 12.1 Å². The van der Waals surface area contributed by atoms with Crippen molar-refractivity contribution in [2.24, 2.45) is 0 Å². The molecule has 2 N–H and O–H groups in total. The molecule has 0 aromatic heterocycles. The van der Waals surface area contributed by atoms with E-state index >= 15 is 0 Å². The van der Waals surface area contributed by atoms with Crippen LogP contribution in [-0.2, 0) is 10.0 Å². The molecule has 1 saturated carbocycles. The minimum Gasteiger partial charge on any atom is -0.350 e. The van der Waals surface area contributed by atoms with Gasteiger partial charge in [0.15, 0.2) is 0 Å². The molecule has 0 radical (unpaired) electrons. The van der Waals surface area contributed by atoms with Gasteiger partial charge in [-0.2, -0.15) is 0 Å². The van der Waals surface area contributed by atoms with Gasteiger partial charge < -0.3 is 5.32 Å². The van der Waals surface area contributed by atoms with Crippen LogP contribution >= 0.6 is 0 Å². The fraction of sp³-hybridized carbons (Fsp3) is 0.588. The normalized spacial score (nSPS) is 16.2. The van der Waals surface area contributed by atoms with Crippen molar-refractivity contribution in [3.8, 4) is 0 Å². The van der Waals surface area contributed by atoms with E-state index in [-0.39, 0.29) is 22.9 Å². The van der Waals surface area contributed by atoms with E-state index < -0.39 is 10.0 Å². The fourth-order valence-corrected chi connectivity index (χ4v) is 3.96. The van der Waals surface area contributed by atoms with Crippen LogP contribution in [0.1, 0.15) is 44.0 Å². The first-order chi connectivity index (χ1) is 11.4. The predicted molar refractivity (Wildman–Crippen MR) is 94.5 cm³/mol. The molecular weight excluding hydrogens is 326 g/mol. The summed E-state index contributed by atoms with van der Waals surface area (Å²) in [6, 6.07) is 6.45. The van der Waals surface area contributed by atoms with Crippen LogP contribution in [0.4, 0.5) is 0 Å². The standard InChI is InChI=1S/C17H27N3O3S/c1-4-20(5-2)13(3)12-18-17(21)14-7-6-8-16(11-14)24(22,23)19-15-9-10-15/h6-8,11,13,15,19H,4-5,9-10,12H2,1-3H3,(H,18,21). The zero-order valence-corrected chi connectivity index (χ0v) is 15.4. The smallest absolute Gasteiger partial charge is 0.251 e. The SMILES string of the molecule is CCN(CC)C(C)CNC(=O)c1cccc(S(=O)(=O)NC2CC2)c1. The first kappa shape index (κ1) is 18.9. The van der Waals surface area contributed by atoms with Crippen LogP contribution in [0.5, 0.6) is 0 Å². The number of benzene rings is 1. The number of carbonyl (C=O) groups is 1. The number of hydrogen-bond donors (Lipinski definition) is 2. The summed E-state index contributed by atoms with van der Waals surface area (Å²) in [5, 5.41) is 2.88. The van der Waals surface area contributed by atoms with E-state index in [1.54, 1.807) is 12.1 Å². The minimum absolute atomic E-state index is 0.0439. The topological polar surface area (TPSA) is 78.5 Å². The van der Waals surface area contributed by atoms with Crippen molar-refractivity contribution in [3.63, 3.8) is 0 Å². The Hall–Kier alpha value is -1.44. The number of likely N-dealkylation sites (N-methyl/N-ethyl adjacent to an activating group) is 1. The van der Waals surface area contributed by atoms with E-state index in [2.05, 4.69) is 35.7 Å². The molecule has 0 spiro atoms. The Morgan fingerprint density at radius 3 is 2.54 bits per heavy atom. The zero-order chi connectivity index (χ0) is 17.7. The molecule has 0 bridgehead atoms. The highest BCUT2D eigenvalue weighted by Gasteiger charge is 2.28. The third kappa shape index (κ3) is 5.03. The number of rotatable bonds is 9. The number of amides is 1. The molecule has 1 fully saturated rings. The van der Waals surface area contributed by atoms with Crippen molar-refractivity contribution >= 4 is 15.9 Å². The quantitative estimate of drug-likeness (QED) is 0.707. The van der Waals surface area contributed by atoms with Gasteiger partial charge in [-0.05, 0) is 51.1 Å². The van der Waals surface area contributed by atoms with Crippen molar-refractivity contribution in [2.45, 2.75) is 50.6 Å². The van der Waals surface area contributed by atoms with Gasteiger partial charge in [0, 0.05) is 24.2 Å². The monoisotopic (exact) mass is 353 g/mol. The molecule has 0 aliphatic heterocycles. The Balaban J connectivity index is 2.01. The third-order valence-corrected chi connectivity index (χ3v) is 5.82. The fourth-order valence-electron chi connectivity index (χ4n) is 2.61. The van der Waals surface area contributed by atoms with Crippen LogP contribution in [0.3, 0.4) is 0 Å². The van der Waals surface area contributed by atoms with Gasteiger partial charge in [0.1, 0.15) is 0 Å². The summed E-state index contributed by atoms with van der Waals surface area (Å²) in [4.78, 5) is 14.7. The molecule has 1 atom stereocenters. The van der Waals surface area contributed by atoms with Crippen molar-refractivity contribution < 1.29 is 13.2 Å². The Morgan fingerprint density at radius 2 is 1.96 bits per heavy atom. The summed E-state index contributed by atoms with van der Waals surface area (Å²) in [6.45, 7) is 8.61. The molecule has 1 unspecified atom stereocenters. The maximum atomic E-state index is 12.3. The lowest BCUT2D eigenvalue weighted by molar-refractivity contribution is 0.0938. The van der Waals surface area contributed by atoms with Gasteiger partial charge in [-0.1, -0.05) is 19.9 Å². The molecule has 7 heteroatoms. The minimum atomic E-state index is -3.54. The molecule has 0 heterocycles. The first-order valence-electron chi connectivity index (χ1n) is 8.52. The third-order valence-electron chi connectivity index (χ3n) is 4.30. The summed E-state index contributed by atoms with van der Waals surface area (Å²) in [5.41, 5.74) is 0.361. The first-order valence-corrected chi connectivity index (χ1v) is 10.00. The van der Waals surface area contributed by atoms with Gasteiger partial charge in [0.2, 0.25) is 10.0 Å². The largest absolute Gasteiger partial charge is 0.350 e. The second kappa shape index (κ2) is 8.09. The van der Waals surface area contributed by atoms with Gasteiger partial charge in [-0.3, -0.25) is 9.69 Å². The van der Waals surface area contributed by atoms with E-state index in [0.717, 1.165) is 25.9 Å². The van der Waals surface area contributed by atoms with Gasteiger partial charge in [0.05, 0.1) is 4.90 Å². The lowest BCUT2D eigenvalue weighted by Crippen LogP contribution is -2.42. The highest BCUT2D eigenvalue weighted by Crippen LogP contribution is 2.22. The summed E-state index contributed by atoms with van der Waals surface area (Å²) in [5.74, 6) is -0.252. The van der Waals surface area contributed by atoms with Gasteiger partial charge >= 0.3 is 0 Å².